The van der Waals surface area contributed by atoms with Gasteiger partial charge in [-0.05, 0) is 49.8 Å². The van der Waals surface area contributed by atoms with E-state index in [1.807, 2.05) is 19.1 Å². The highest BCUT2D eigenvalue weighted by molar-refractivity contribution is 7.89. The highest BCUT2D eigenvalue weighted by atomic mass is 32.2. The average molecular weight is 423 g/mol. The molecule has 2 fully saturated rings. The van der Waals surface area contributed by atoms with Gasteiger partial charge in [0.2, 0.25) is 10.0 Å². The summed E-state index contributed by atoms with van der Waals surface area (Å²) in [4.78, 5) is 6.82. The maximum atomic E-state index is 12.2. The number of hydrogen-bond donors (Lipinski definition) is 2. The molecule has 8 heteroatoms. The van der Waals surface area contributed by atoms with Gasteiger partial charge >= 0.3 is 0 Å². The molecule has 162 valence electrons. The fourth-order valence-corrected chi connectivity index (χ4v) is 4.78. The van der Waals surface area contributed by atoms with Crippen molar-refractivity contribution in [2.75, 3.05) is 45.6 Å². The second-order valence-electron chi connectivity index (χ2n) is 7.90. The van der Waals surface area contributed by atoms with Crippen molar-refractivity contribution in [1.29, 1.82) is 0 Å². The fourth-order valence-electron chi connectivity index (χ4n) is 3.81. The van der Waals surface area contributed by atoms with E-state index in [1.165, 1.54) is 12.0 Å². The van der Waals surface area contributed by atoms with Crippen molar-refractivity contribution in [1.82, 2.24) is 14.9 Å². The minimum Gasteiger partial charge on any atom is -0.497 e. The molecule has 0 spiro atoms. The van der Waals surface area contributed by atoms with E-state index in [9.17, 15) is 8.42 Å². The molecule has 1 aromatic rings. The Morgan fingerprint density at radius 3 is 2.62 bits per heavy atom. The largest absolute Gasteiger partial charge is 0.497 e. The highest BCUT2D eigenvalue weighted by Crippen LogP contribution is 2.28. The summed E-state index contributed by atoms with van der Waals surface area (Å²) in [6, 6.07) is 8.24. The van der Waals surface area contributed by atoms with Crippen molar-refractivity contribution in [3.8, 4) is 5.75 Å². The van der Waals surface area contributed by atoms with Crippen LogP contribution in [0.5, 0.6) is 5.75 Å². The predicted octanol–water partition coefficient (Wildman–Crippen LogP) is 2.17. The van der Waals surface area contributed by atoms with E-state index >= 15 is 0 Å². The SMILES string of the molecule is CCNC(=NCCS(=O)(=O)NCC1CCC1)N1CCC(c2ccc(OC)cc2)C1. The van der Waals surface area contributed by atoms with Crippen LogP contribution in [0.25, 0.3) is 0 Å². The lowest BCUT2D eigenvalue weighted by Crippen LogP contribution is -2.40. The van der Waals surface area contributed by atoms with Gasteiger partial charge in [0, 0.05) is 32.1 Å². The first-order valence-corrected chi connectivity index (χ1v) is 12.3. The van der Waals surface area contributed by atoms with Gasteiger partial charge in [0.1, 0.15) is 5.75 Å². The van der Waals surface area contributed by atoms with Gasteiger partial charge < -0.3 is 15.0 Å². The molecule has 3 rings (SSSR count). The summed E-state index contributed by atoms with van der Waals surface area (Å²) in [5.41, 5.74) is 1.30. The van der Waals surface area contributed by atoms with Crippen molar-refractivity contribution >= 4 is 16.0 Å². The second-order valence-corrected chi connectivity index (χ2v) is 9.83. The van der Waals surface area contributed by atoms with Crippen LogP contribution in [-0.4, -0.2) is 64.9 Å². The van der Waals surface area contributed by atoms with E-state index in [0.29, 0.717) is 18.4 Å². The van der Waals surface area contributed by atoms with Gasteiger partial charge in [-0.15, -0.1) is 0 Å². The number of guanidine groups is 1. The standard InChI is InChI=1S/C21H34N4O3S/c1-3-22-21(23-12-14-29(26,27)24-15-17-5-4-6-17)25-13-11-19(16-25)18-7-9-20(28-2)10-8-18/h7-10,17,19,24H,3-6,11-16H2,1-2H3,(H,22,23). The first-order chi connectivity index (χ1) is 14.0. The number of aliphatic imine (C=N–C) groups is 1. The normalized spacial score (nSPS) is 20.6. The molecule has 2 aliphatic rings. The summed E-state index contributed by atoms with van der Waals surface area (Å²) < 4.78 is 32.4. The smallest absolute Gasteiger partial charge is 0.213 e. The number of nitrogens with zero attached hydrogens (tertiary/aromatic N) is 2. The highest BCUT2D eigenvalue weighted by Gasteiger charge is 2.26. The number of ether oxygens (including phenoxy) is 1. The maximum absolute atomic E-state index is 12.2. The molecule has 1 saturated carbocycles. The van der Waals surface area contributed by atoms with Crippen LogP contribution >= 0.6 is 0 Å². The van der Waals surface area contributed by atoms with Crippen LogP contribution in [-0.2, 0) is 10.0 Å². The molecule has 1 atom stereocenters. The number of nitrogens with one attached hydrogen (secondary N) is 2. The molecule has 1 aromatic carbocycles. The maximum Gasteiger partial charge on any atom is 0.213 e. The molecule has 0 bridgehead atoms. The van der Waals surface area contributed by atoms with Crippen molar-refractivity contribution < 1.29 is 13.2 Å². The Hall–Kier alpha value is -1.80. The van der Waals surface area contributed by atoms with Crippen molar-refractivity contribution in [3.05, 3.63) is 29.8 Å². The number of sulfonamides is 1. The lowest BCUT2D eigenvalue weighted by atomic mass is 9.86. The molecular weight excluding hydrogens is 388 g/mol. The Labute approximate surface area is 175 Å². The van der Waals surface area contributed by atoms with Crippen LogP contribution < -0.4 is 14.8 Å². The van der Waals surface area contributed by atoms with Crippen molar-refractivity contribution in [2.24, 2.45) is 10.9 Å². The van der Waals surface area contributed by atoms with Crippen molar-refractivity contribution in [2.45, 2.75) is 38.5 Å². The first kappa shape index (κ1) is 21.9. The van der Waals surface area contributed by atoms with E-state index in [-0.39, 0.29) is 12.3 Å². The summed E-state index contributed by atoms with van der Waals surface area (Å²) in [6.07, 6.45) is 4.54. The molecule has 0 aromatic heterocycles. The van der Waals surface area contributed by atoms with Gasteiger partial charge in [-0.3, -0.25) is 4.99 Å². The summed E-state index contributed by atoms with van der Waals surface area (Å²) >= 11 is 0. The number of likely N-dealkylation sites (tertiary alicyclic amines) is 1. The second kappa shape index (κ2) is 10.3. The summed E-state index contributed by atoms with van der Waals surface area (Å²) in [5.74, 6) is 2.66. The van der Waals surface area contributed by atoms with Gasteiger partial charge in [-0.1, -0.05) is 18.6 Å². The van der Waals surface area contributed by atoms with Crippen LogP contribution in [0.4, 0.5) is 0 Å². The third-order valence-electron chi connectivity index (χ3n) is 5.85. The third-order valence-corrected chi connectivity index (χ3v) is 7.17. The summed E-state index contributed by atoms with van der Waals surface area (Å²) in [7, 11) is -1.59. The average Bonchev–Trinajstić information content (AvgIpc) is 3.16. The predicted molar refractivity (Wildman–Crippen MR) is 117 cm³/mol. The monoisotopic (exact) mass is 422 g/mol. The quantitative estimate of drug-likeness (QED) is 0.471. The van der Waals surface area contributed by atoms with Crippen LogP contribution in [0.2, 0.25) is 0 Å². The van der Waals surface area contributed by atoms with Gasteiger partial charge in [-0.25, -0.2) is 13.1 Å². The van der Waals surface area contributed by atoms with E-state index in [1.54, 1.807) is 7.11 Å². The van der Waals surface area contributed by atoms with E-state index in [2.05, 4.69) is 32.1 Å². The summed E-state index contributed by atoms with van der Waals surface area (Å²) in [6.45, 7) is 5.42. The van der Waals surface area contributed by atoms with Gasteiger partial charge in [0.15, 0.2) is 5.96 Å². The molecule has 7 nitrogen and oxygen atoms in total. The fraction of sp³-hybridized carbons (Fsp3) is 0.667. The zero-order chi connectivity index (χ0) is 20.7. The minimum absolute atomic E-state index is 0.0321. The molecule has 29 heavy (non-hydrogen) atoms. The van der Waals surface area contributed by atoms with E-state index in [4.69, 9.17) is 4.74 Å². The number of rotatable bonds is 9. The zero-order valence-electron chi connectivity index (χ0n) is 17.6. The zero-order valence-corrected chi connectivity index (χ0v) is 18.4. The molecule has 1 aliphatic heterocycles. The first-order valence-electron chi connectivity index (χ1n) is 10.6. The van der Waals surface area contributed by atoms with Crippen LogP contribution in [0, 0.1) is 5.92 Å². The topological polar surface area (TPSA) is 83.0 Å². The Morgan fingerprint density at radius 1 is 1.24 bits per heavy atom. The molecule has 1 unspecified atom stereocenters. The minimum atomic E-state index is -3.26. The Morgan fingerprint density at radius 2 is 2.00 bits per heavy atom. The Balaban J connectivity index is 1.52. The molecule has 0 radical (unpaired) electrons. The molecule has 1 saturated heterocycles. The molecule has 1 aliphatic carbocycles. The number of benzene rings is 1. The van der Waals surface area contributed by atoms with E-state index < -0.39 is 10.0 Å². The molecule has 1 heterocycles. The van der Waals surface area contributed by atoms with Crippen LogP contribution in [0.3, 0.4) is 0 Å². The van der Waals surface area contributed by atoms with Gasteiger partial charge in [-0.2, -0.15) is 0 Å². The lowest BCUT2D eigenvalue weighted by molar-refractivity contribution is 0.316. The number of methoxy groups -OCH3 is 1. The Kier molecular flexibility index (Phi) is 7.77. The van der Waals surface area contributed by atoms with Crippen LogP contribution in [0.1, 0.15) is 44.1 Å². The van der Waals surface area contributed by atoms with Gasteiger partial charge in [0.05, 0.1) is 19.4 Å². The van der Waals surface area contributed by atoms with Crippen LogP contribution in [0.15, 0.2) is 29.3 Å². The molecule has 2 N–H and O–H groups in total. The lowest BCUT2D eigenvalue weighted by Gasteiger charge is -2.25. The van der Waals surface area contributed by atoms with Crippen molar-refractivity contribution in [3.63, 3.8) is 0 Å². The molecule has 0 amide bonds. The summed E-state index contributed by atoms with van der Waals surface area (Å²) in [5, 5.41) is 3.31. The molecular formula is C21H34N4O3S. The van der Waals surface area contributed by atoms with E-state index in [0.717, 1.165) is 50.6 Å². The number of hydrogen-bond acceptors (Lipinski definition) is 4. The Bertz CT molecular complexity index is 776. The van der Waals surface area contributed by atoms with Gasteiger partial charge in [0.25, 0.3) is 0 Å². The third kappa shape index (κ3) is 6.34.